The molecule has 0 heterocycles. The van der Waals surface area contributed by atoms with Crippen LogP contribution >= 0.6 is 0 Å². The minimum atomic E-state index is -0.229. The molecule has 2 heteroatoms. The molecular formula is C21H34O2. The molecule has 130 valence electrons. The third-order valence-corrected chi connectivity index (χ3v) is 4.12. The molecule has 0 aliphatic heterocycles. The topological polar surface area (TPSA) is 18.5 Å². The second-order valence-electron chi connectivity index (χ2n) is 7.30. The molecule has 23 heavy (non-hydrogen) atoms. The summed E-state index contributed by atoms with van der Waals surface area (Å²) in [4.78, 5) is 0. The Kier molecular flexibility index (Phi) is 7.84. The summed E-state index contributed by atoms with van der Waals surface area (Å²) in [6.45, 7) is 13.5. The number of allylic oxidation sites excluding steroid dienone is 2. The highest BCUT2D eigenvalue weighted by molar-refractivity contribution is 5.29. The fraction of sp³-hybridized carbons (Fsp3) is 0.619. The highest BCUT2D eigenvalue weighted by atomic mass is 16.5. The van der Waals surface area contributed by atoms with E-state index in [4.69, 9.17) is 9.47 Å². The first-order valence-corrected chi connectivity index (χ1v) is 8.85. The van der Waals surface area contributed by atoms with Gasteiger partial charge in [0.1, 0.15) is 11.4 Å². The van der Waals surface area contributed by atoms with Crippen molar-refractivity contribution in [2.75, 3.05) is 6.61 Å². The summed E-state index contributed by atoms with van der Waals surface area (Å²) in [5.41, 5.74) is 1.03. The molecule has 0 aliphatic rings. The molecule has 0 spiro atoms. The molecular weight excluding hydrogens is 284 g/mol. The van der Waals surface area contributed by atoms with E-state index in [1.807, 2.05) is 0 Å². The minimum absolute atomic E-state index is 0.0519. The summed E-state index contributed by atoms with van der Waals surface area (Å²) in [5, 5.41) is 0. The van der Waals surface area contributed by atoms with Crippen molar-refractivity contribution in [1.82, 2.24) is 0 Å². The van der Waals surface area contributed by atoms with E-state index in [9.17, 15) is 0 Å². The summed E-state index contributed by atoms with van der Waals surface area (Å²) < 4.78 is 12.1. The fourth-order valence-corrected chi connectivity index (χ4v) is 2.12. The van der Waals surface area contributed by atoms with Gasteiger partial charge in [0.15, 0.2) is 0 Å². The Morgan fingerprint density at radius 2 is 1.57 bits per heavy atom. The second-order valence-corrected chi connectivity index (χ2v) is 7.30. The molecule has 0 saturated carbocycles. The standard InChI is InChI=1S/C21H34O2/c1-7-9-10-11-18-12-14-19(15-13-18)23-21(5,6)16-17-22-20(3,4)8-2/h9-10,12-15H,7-8,11,16-17H2,1-6H3. The number of benzene rings is 1. The molecule has 0 amide bonds. The molecule has 2 nitrogen and oxygen atoms in total. The van der Waals surface area contributed by atoms with Crippen molar-refractivity contribution < 1.29 is 9.47 Å². The molecule has 0 bridgehead atoms. The van der Waals surface area contributed by atoms with Gasteiger partial charge in [-0.05, 0) is 64.7 Å². The maximum Gasteiger partial charge on any atom is 0.120 e. The first-order chi connectivity index (χ1) is 10.8. The molecule has 0 unspecified atom stereocenters. The lowest BCUT2D eigenvalue weighted by atomic mass is 10.0. The van der Waals surface area contributed by atoms with E-state index in [-0.39, 0.29) is 11.2 Å². The zero-order chi connectivity index (χ0) is 17.3. The van der Waals surface area contributed by atoms with Crippen molar-refractivity contribution in [3.8, 4) is 5.75 Å². The van der Waals surface area contributed by atoms with Gasteiger partial charge in [-0.1, -0.05) is 38.1 Å². The first kappa shape index (κ1) is 19.8. The van der Waals surface area contributed by atoms with Crippen LogP contribution in [-0.2, 0) is 11.2 Å². The lowest BCUT2D eigenvalue weighted by Gasteiger charge is -2.29. The first-order valence-electron chi connectivity index (χ1n) is 8.85. The Bertz CT molecular complexity index is 469. The van der Waals surface area contributed by atoms with Crippen LogP contribution in [0.4, 0.5) is 0 Å². The molecule has 0 saturated heterocycles. The second kappa shape index (κ2) is 9.12. The van der Waals surface area contributed by atoms with E-state index in [1.165, 1.54) is 5.56 Å². The van der Waals surface area contributed by atoms with Crippen LogP contribution in [0.3, 0.4) is 0 Å². The SMILES string of the molecule is CCC=CCc1ccc(OC(C)(C)CCOC(C)(C)CC)cc1. The molecule has 0 aliphatic carbocycles. The van der Waals surface area contributed by atoms with Gasteiger partial charge in [-0.3, -0.25) is 0 Å². The Morgan fingerprint density at radius 3 is 2.13 bits per heavy atom. The number of rotatable bonds is 10. The number of hydrogen-bond donors (Lipinski definition) is 0. The molecule has 0 N–H and O–H groups in total. The molecule has 1 rings (SSSR count). The Balaban J connectivity index is 2.48. The van der Waals surface area contributed by atoms with Gasteiger partial charge in [0.25, 0.3) is 0 Å². The van der Waals surface area contributed by atoms with Crippen LogP contribution in [0.15, 0.2) is 36.4 Å². The monoisotopic (exact) mass is 318 g/mol. The Hall–Kier alpha value is -1.28. The summed E-state index contributed by atoms with van der Waals surface area (Å²) in [6, 6.07) is 8.41. The van der Waals surface area contributed by atoms with Crippen LogP contribution in [0.5, 0.6) is 5.75 Å². The van der Waals surface area contributed by atoms with E-state index in [2.05, 4.69) is 78.0 Å². The number of hydrogen-bond acceptors (Lipinski definition) is 2. The zero-order valence-corrected chi connectivity index (χ0v) is 15.8. The van der Waals surface area contributed by atoms with E-state index in [0.29, 0.717) is 6.61 Å². The van der Waals surface area contributed by atoms with E-state index in [1.54, 1.807) is 0 Å². The van der Waals surface area contributed by atoms with Crippen molar-refractivity contribution in [1.29, 1.82) is 0 Å². The fourth-order valence-electron chi connectivity index (χ4n) is 2.12. The van der Waals surface area contributed by atoms with E-state index < -0.39 is 0 Å². The molecule has 1 aromatic rings. The minimum Gasteiger partial charge on any atom is -0.488 e. The normalized spacial score (nSPS) is 12.8. The quantitative estimate of drug-likeness (QED) is 0.496. The maximum absolute atomic E-state index is 6.13. The Labute approximate surface area is 142 Å². The van der Waals surface area contributed by atoms with Gasteiger partial charge in [-0.2, -0.15) is 0 Å². The van der Waals surface area contributed by atoms with Gasteiger partial charge >= 0.3 is 0 Å². The highest BCUT2D eigenvalue weighted by Crippen LogP contribution is 2.23. The summed E-state index contributed by atoms with van der Waals surface area (Å²) in [6.07, 6.45) is 8.38. The predicted octanol–water partition coefficient (Wildman–Crippen LogP) is 5.95. The zero-order valence-electron chi connectivity index (χ0n) is 15.8. The van der Waals surface area contributed by atoms with Crippen molar-refractivity contribution in [3.63, 3.8) is 0 Å². The summed E-state index contributed by atoms with van der Waals surface area (Å²) in [5.74, 6) is 0.924. The van der Waals surface area contributed by atoms with Gasteiger partial charge < -0.3 is 9.47 Å². The van der Waals surface area contributed by atoms with Crippen molar-refractivity contribution >= 4 is 0 Å². The van der Waals surface area contributed by atoms with Gasteiger partial charge in [-0.25, -0.2) is 0 Å². The Morgan fingerprint density at radius 1 is 0.913 bits per heavy atom. The predicted molar refractivity (Wildman–Crippen MR) is 99.2 cm³/mol. The molecule has 1 aromatic carbocycles. The lowest BCUT2D eigenvalue weighted by molar-refractivity contribution is -0.0423. The molecule has 0 fully saturated rings. The maximum atomic E-state index is 6.13. The van der Waals surface area contributed by atoms with Gasteiger partial charge in [0, 0.05) is 6.42 Å². The number of ether oxygens (including phenoxy) is 2. The van der Waals surface area contributed by atoms with Gasteiger partial charge in [-0.15, -0.1) is 0 Å². The average molecular weight is 319 g/mol. The van der Waals surface area contributed by atoms with Crippen molar-refractivity contribution in [2.24, 2.45) is 0 Å². The van der Waals surface area contributed by atoms with Crippen LogP contribution in [0.25, 0.3) is 0 Å². The third kappa shape index (κ3) is 8.22. The molecule has 0 radical (unpaired) electrons. The van der Waals surface area contributed by atoms with Gasteiger partial charge in [0.05, 0.1) is 12.2 Å². The van der Waals surface area contributed by atoms with Crippen LogP contribution in [-0.4, -0.2) is 17.8 Å². The largest absolute Gasteiger partial charge is 0.488 e. The third-order valence-electron chi connectivity index (χ3n) is 4.12. The van der Waals surface area contributed by atoms with Crippen LogP contribution in [0.2, 0.25) is 0 Å². The average Bonchev–Trinajstić information content (AvgIpc) is 2.48. The van der Waals surface area contributed by atoms with Crippen LogP contribution < -0.4 is 4.74 Å². The highest BCUT2D eigenvalue weighted by Gasteiger charge is 2.22. The van der Waals surface area contributed by atoms with E-state index >= 15 is 0 Å². The van der Waals surface area contributed by atoms with Crippen molar-refractivity contribution in [3.05, 3.63) is 42.0 Å². The molecule has 0 aromatic heterocycles. The van der Waals surface area contributed by atoms with Crippen LogP contribution in [0, 0.1) is 0 Å². The summed E-state index contributed by atoms with van der Waals surface area (Å²) >= 11 is 0. The molecule has 0 atom stereocenters. The van der Waals surface area contributed by atoms with Crippen LogP contribution in [0.1, 0.15) is 66.4 Å². The lowest BCUT2D eigenvalue weighted by Crippen LogP contribution is -2.32. The van der Waals surface area contributed by atoms with E-state index in [0.717, 1.165) is 31.4 Å². The summed E-state index contributed by atoms with van der Waals surface area (Å²) in [7, 11) is 0. The smallest absolute Gasteiger partial charge is 0.120 e. The van der Waals surface area contributed by atoms with Crippen molar-refractivity contribution in [2.45, 2.75) is 78.4 Å². The van der Waals surface area contributed by atoms with Gasteiger partial charge in [0.2, 0.25) is 0 Å².